The number of thiazole rings is 1. The Balaban J connectivity index is 1.55. The maximum Gasteiger partial charge on any atom is 0.263 e. The minimum atomic E-state index is -0.470. The number of hydrogen-bond donors (Lipinski definition) is 1. The van der Waals surface area contributed by atoms with E-state index in [0.29, 0.717) is 11.7 Å². The Hall–Kier alpha value is -3.71. The van der Waals surface area contributed by atoms with Crippen molar-refractivity contribution in [3.8, 4) is 17.0 Å². The second-order valence-electron chi connectivity index (χ2n) is 6.95. The first kappa shape index (κ1) is 20.6. The van der Waals surface area contributed by atoms with Crippen LogP contribution in [0.25, 0.3) is 11.3 Å². The summed E-state index contributed by atoms with van der Waals surface area (Å²) in [5, 5.41) is 3.22. The molecule has 0 aliphatic rings. The molecule has 2 aromatic carbocycles. The van der Waals surface area contributed by atoms with Gasteiger partial charge in [-0.25, -0.2) is 4.98 Å². The average Bonchev–Trinajstić information content (AvgIpc) is 3.15. The number of methoxy groups -OCH3 is 1. The number of carbonyl (C=O) groups is 1. The van der Waals surface area contributed by atoms with E-state index in [1.165, 1.54) is 22.0 Å². The fourth-order valence-corrected chi connectivity index (χ4v) is 4.08. The summed E-state index contributed by atoms with van der Waals surface area (Å²) in [4.78, 5) is 31.2. The van der Waals surface area contributed by atoms with Gasteiger partial charge in [0.15, 0.2) is 5.13 Å². The van der Waals surface area contributed by atoms with Gasteiger partial charge in [-0.3, -0.25) is 14.9 Å². The zero-order chi connectivity index (χ0) is 21.8. The minimum Gasteiger partial charge on any atom is -0.497 e. The van der Waals surface area contributed by atoms with E-state index < -0.39 is 5.91 Å². The summed E-state index contributed by atoms with van der Waals surface area (Å²) in [6.07, 6.45) is 1.68. The fraction of sp³-hybridized carbons (Fsp3) is 0.125. The third-order valence-electron chi connectivity index (χ3n) is 4.84. The van der Waals surface area contributed by atoms with Crippen molar-refractivity contribution in [2.24, 2.45) is 0 Å². The molecule has 7 heteroatoms. The molecular weight excluding hydrogens is 410 g/mol. The van der Waals surface area contributed by atoms with Gasteiger partial charge in [-0.05, 0) is 48.9 Å². The predicted octanol–water partition coefficient (Wildman–Crippen LogP) is 4.59. The van der Waals surface area contributed by atoms with Crippen molar-refractivity contribution in [1.29, 1.82) is 0 Å². The van der Waals surface area contributed by atoms with Crippen LogP contribution in [0.3, 0.4) is 0 Å². The van der Waals surface area contributed by atoms with Crippen molar-refractivity contribution >= 4 is 22.4 Å². The van der Waals surface area contributed by atoms with Crippen LogP contribution in [0.5, 0.6) is 5.75 Å². The second-order valence-corrected chi connectivity index (χ2v) is 8.15. The minimum absolute atomic E-state index is 0.0808. The van der Waals surface area contributed by atoms with Gasteiger partial charge >= 0.3 is 0 Å². The normalized spacial score (nSPS) is 10.6. The smallest absolute Gasteiger partial charge is 0.263 e. The van der Waals surface area contributed by atoms with Gasteiger partial charge in [0, 0.05) is 16.6 Å². The Bertz CT molecular complexity index is 1260. The van der Waals surface area contributed by atoms with E-state index in [0.717, 1.165) is 27.4 Å². The number of amides is 1. The number of rotatable bonds is 6. The SMILES string of the molecule is COc1ccc(-c2nc(NC(=O)c3cccn(Cc4ccccc4)c3=O)sc2C)cc1. The van der Waals surface area contributed by atoms with Crippen LogP contribution in [0.2, 0.25) is 0 Å². The summed E-state index contributed by atoms with van der Waals surface area (Å²) in [5.74, 6) is 0.295. The fourth-order valence-electron chi connectivity index (χ4n) is 3.25. The van der Waals surface area contributed by atoms with E-state index >= 15 is 0 Å². The predicted molar refractivity (Wildman–Crippen MR) is 123 cm³/mol. The zero-order valence-electron chi connectivity index (χ0n) is 17.2. The molecule has 0 aliphatic carbocycles. The van der Waals surface area contributed by atoms with Crippen LogP contribution in [0.4, 0.5) is 5.13 Å². The molecule has 2 aromatic heterocycles. The van der Waals surface area contributed by atoms with Gasteiger partial charge in [-0.15, -0.1) is 11.3 Å². The quantitative estimate of drug-likeness (QED) is 0.485. The lowest BCUT2D eigenvalue weighted by Crippen LogP contribution is -2.29. The van der Waals surface area contributed by atoms with Crippen LogP contribution < -0.4 is 15.6 Å². The Morgan fingerprint density at radius 1 is 1.06 bits per heavy atom. The van der Waals surface area contributed by atoms with Gasteiger partial charge in [0.1, 0.15) is 11.3 Å². The number of aryl methyl sites for hydroxylation is 1. The number of hydrogen-bond acceptors (Lipinski definition) is 5. The van der Waals surface area contributed by atoms with Crippen molar-refractivity contribution in [3.05, 3.63) is 99.3 Å². The van der Waals surface area contributed by atoms with E-state index in [9.17, 15) is 9.59 Å². The first-order valence-electron chi connectivity index (χ1n) is 9.72. The van der Waals surface area contributed by atoms with E-state index in [1.54, 1.807) is 19.4 Å². The van der Waals surface area contributed by atoms with Crippen LogP contribution in [0.15, 0.2) is 77.7 Å². The number of nitrogens with zero attached hydrogens (tertiary/aromatic N) is 2. The Labute approximate surface area is 183 Å². The summed E-state index contributed by atoms with van der Waals surface area (Å²) in [6, 6.07) is 20.5. The summed E-state index contributed by atoms with van der Waals surface area (Å²) in [6.45, 7) is 2.35. The summed E-state index contributed by atoms with van der Waals surface area (Å²) in [7, 11) is 1.62. The number of carbonyl (C=O) groups excluding carboxylic acids is 1. The Morgan fingerprint density at radius 3 is 2.52 bits per heavy atom. The Kier molecular flexibility index (Phi) is 5.95. The van der Waals surface area contributed by atoms with Gasteiger partial charge in [-0.2, -0.15) is 0 Å². The second kappa shape index (κ2) is 8.97. The van der Waals surface area contributed by atoms with E-state index in [2.05, 4.69) is 10.3 Å². The van der Waals surface area contributed by atoms with Crippen molar-refractivity contribution < 1.29 is 9.53 Å². The third kappa shape index (κ3) is 4.57. The standard InChI is InChI=1S/C24H21N3O3S/c1-16-21(18-10-12-19(30-2)13-11-18)25-24(31-16)26-22(28)20-9-6-14-27(23(20)29)15-17-7-4-3-5-8-17/h3-14H,15H2,1-2H3,(H,25,26,28). The van der Waals surface area contributed by atoms with Crippen molar-refractivity contribution in [2.45, 2.75) is 13.5 Å². The molecule has 0 saturated heterocycles. The van der Waals surface area contributed by atoms with Gasteiger partial charge in [0.25, 0.3) is 11.5 Å². The summed E-state index contributed by atoms with van der Waals surface area (Å²) < 4.78 is 6.72. The molecule has 0 spiro atoms. The number of pyridine rings is 1. The highest BCUT2D eigenvalue weighted by atomic mass is 32.1. The molecular formula is C24H21N3O3S. The van der Waals surface area contributed by atoms with Crippen LogP contribution in [-0.4, -0.2) is 22.6 Å². The number of aromatic nitrogens is 2. The van der Waals surface area contributed by atoms with E-state index in [-0.39, 0.29) is 11.1 Å². The molecule has 0 bridgehead atoms. The van der Waals surface area contributed by atoms with Gasteiger partial charge in [0.2, 0.25) is 0 Å². The number of nitrogens with one attached hydrogen (secondary N) is 1. The molecule has 156 valence electrons. The van der Waals surface area contributed by atoms with Crippen molar-refractivity contribution in [3.63, 3.8) is 0 Å². The highest BCUT2D eigenvalue weighted by Crippen LogP contribution is 2.31. The molecule has 1 N–H and O–H groups in total. The molecule has 0 aliphatic heterocycles. The van der Waals surface area contributed by atoms with Crippen LogP contribution in [-0.2, 0) is 6.54 Å². The summed E-state index contributed by atoms with van der Waals surface area (Å²) >= 11 is 1.37. The lowest BCUT2D eigenvalue weighted by molar-refractivity contribution is 0.102. The molecule has 2 heterocycles. The lowest BCUT2D eigenvalue weighted by atomic mass is 10.1. The molecule has 0 atom stereocenters. The largest absolute Gasteiger partial charge is 0.497 e. The first-order chi connectivity index (χ1) is 15.0. The molecule has 0 fully saturated rings. The topological polar surface area (TPSA) is 73.2 Å². The average molecular weight is 432 g/mol. The highest BCUT2D eigenvalue weighted by Gasteiger charge is 2.16. The van der Waals surface area contributed by atoms with Crippen LogP contribution in [0.1, 0.15) is 20.8 Å². The molecule has 0 unspecified atom stereocenters. The molecule has 4 aromatic rings. The lowest BCUT2D eigenvalue weighted by Gasteiger charge is -2.08. The first-order valence-corrected chi connectivity index (χ1v) is 10.5. The third-order valence-corrected chi connectivity index (χ3v) is 5.73. The molecule has 0 radical (unpaired) electrons. The molecule has 1 amide bonds. The van der Waals surface area contributed by atoms with Crippen molar-refractivity contribution in [1.82, 2.24) is 9.55 Å². The number of ether oxygens (including phenoxy) is 1. The molecule has 4 rings (SSSR count). The Morgan fingerprint density at radius 2 is 1.81 bits per heavy atom. The summed E-state index contributed by atoms with van der Waals surface area (Å²) in [5.41, 5.74) is 2.45. The number of benzene rings is 2. The van der Waals surface area contributed by atoms with Crippen LogP contribution in [0, 0.1) is 6.92 Å². The van der Waals surface area contributed by atoms with Gasteiger partial charge < -0.3 is 9.30 Å². The molecule has 0 saturated carbocycles. The maximum atomic E-state index is 12.8. The van der Waals surface area contributed by atoms with Gasteiger partial charge in [0.05, 0.1) is 19.3 Å². The maximum absolute atomic E-state index is 12.8. The molecule has 6 nitrogen and oxygen atoms in total. The monoisotopic (exact) mass is 431 g/mol. The highest BCUT2D eigenvalue weighted by molar-refractivity contribution is 7.16. The van der Waals surface area contributed by atoms with Crippen LogP contribution >= 0.6 is 11.3 Å². The van der Waals surface area contributed by atoms with E-state index in [1.807, 2.05) is 61.5 Å². The zero-order valence-corrected chi connectivity index (χ0v) is 18.0. The number of anilines is 1. The van der Waals surface area contributed by atoms with E-state index in [4.69, 9.17) is 4.74 Å². The van der Waals surface area contributed by atoms with Gasteiger partial charge in [-0.1, -0.05) is 30.3 Å². The molecule has 31 heavy (non-hydrogen) atoms. The van der Waals surface area contributed by atoms with Crippen molar-refractivity contribution in [2.75, 3.05) is 12.4 Å².